The molecule has 3 nitrogen and oxygen atoms in total. The molecule has 0 heterocycles. The maximum absolute atomic E-state index is 8.73. The molecule has 0 aromatic heterocycles. The summed E-state index contributed by atoms with van der Waals surface area (Å²) in [5, 5.41) is 12.2. The van der Waals surface area contributed by atoms with Crippen molar-refractivity contribution in [1.82, 2.24) is 5.32 Å². The van der Waals surface area contributed by atoms with Gasteiger partial charge >= 0.3 is 0 Å². The molecular formula is C14H20N2O. The minimum absolute atomic E-state index is 0.262. The molecule has 0 bridgehead atoms. The normalized spacial score (nSPS) is 14.0. The van der Waals surface area contributed by atoms with Gasteiger partial charge in [0.15, 0.2) is 0 Å². The molecule has 92 valence electrons. The number of hydrogen-bond donors (Lipinski definition) is 1. The molecule has 0 amide bonds. The van der Waals surface area contributed by atoms with Crippen molar-refractivity contribution in [3.63, 3.8) is 0 Å². The van der Waals surface area contributed by atoms with Gasteiger partial charge in [-0.05, 0) is 38.5 Å². The van der Waals surface area contributed by atoms with Crippen molar-refractivity contribution >= 4 is 0 Å². The highest BCUT2D eigenvalue weighted by molar-refractivity contribution is 5.32. The second-order valence-electron chi connectivity index (χ2n) is 4.18. The van der Waals surface area contributed by atoms with Gasteiger partial charge < -0.3 is 10.1 Å². The van der Waals surface area contributed by atoms with E-state index in [0.717, 1.165) is 13.2 Å². The molecule has 0 spiro atoms. The third-order valence-electron chi connectivity index (χ3n) is 2.65. The van der Waals surface area contributed by atoms with Crippen LogP contribution in [-0.2, 0) is 4.74 Å². The number of nitriles is 1. The Bertz CT molecular complexity index is 367. The summed E-state index contributed by atoms with van der Waals surface area (Å²) in [4.78, 5) is 0. The summed E-state index contributed by atoms with van der Waals surface area (Å²) in [6.45, 7) is 7.69. The number of ether oxygens (including phenoxy) is 1. The van der Waals surface area contributed by atoms with E-state index < -0.39 is 0 Å². The maximum atomic E-state index is 8.73. The van der Waals surface area contributed by atoms with Crippen LogP contribution < -0.4 is 5.32 Å². The molecule has 0 aliphatic heterocycles. The van der Waals surface area contributed by atoms with Crippen LogP contribution in [-0.4, -0.2) is 19.3 Å². The largest absolute Gasteiger partial charge is 0.380 e. The maximum Gasteiger partial charge on any atom is 0.0991 e. The van der Waals surface area contributed by atoms with Crippen molar-refractivity contribution in [1.29, 1.82) is 5.26 Å². The predicted molar refractivity (Wildman–Crippen MR) is 68.7 cm³/mol. The van der Waals surface area contributed by atoms with Crippen LogP contribution in [0.5, 0.6) is 0 Å². The van der Waals surface area contributed by atoms with Crippen molar-refractivity contribution in [2.24, 2.45) is 0 Å². The van der Waals surface area contributed by atoms with Crippen LogP contribution in [0.1, 0.15) is 37.9 Å². The lowest BCUT2D eigenvalue weighted by Gasteiger charge is -2.20. The smallest absolute Gasteiger partial charge is 0.0991 e. The summed E-state index contributed by atoms with van der Waals surface area (Å²) >= 11 is 0. The first kappa shape index (κ1) is 13.7. The van der Waals surface area contributed by atoms with Gasteiger partial charge in [-0.25, -0.2) is 0 Å². The molecule has 17 heavy (non-hydrogen) atoms. The third-order valence-corrected chi connectivity index (χ3v) is 2.65. The molecule has 3 heteroatoms. The predicted octanol–water partition coefficient (Wildman–Crippen LogP) is 2.63. The highest BCUT2D eigenvalue weighted by Crippen LogP contribution is 2.13. The number of benzene rings is 1. The van der Waals surface area contributed by atoms with Crippen molar-refractivity contribution < 1.29 is 4.74 Å². The van der Waals surface area contributed by atoms with Crippen LogP contribution in [0.25, 0.3) is 0 Å². The Balaban J connectivity index is 2.51. The Kier molecular flexibility index (Phi) is 5.68. The van der Waals surface area contributed by atoms with Crippen LogP contribution >= 0.6 is 0 Å². The van der Waals surface area contributed by atoms with Gasteiger partial charge in [-0.1, -0.05) is 12.1 Å². The highest BCUT2D eigenvalue weighted by atomic mass is 16.5. The Hall–Kier alpha value is -1.37. The van der Waals surface area contributed by atoms with E-state index in [1.807, 2.05) is 31.2 Å². The summed E-state index contributed by atoms with van der Waals surface area (Å²) in [5.74, 6) is 0. The van der Waals surface area contributed by atoms with Gasteiger partial charge in [-0.3, -0.25) is 0 Å². The first-order chi connectivity index (χ1) is 8.17. The highest BCUT2D eigenvalue weighted by Gasteiger charge is 2.09. The van der Waals surface area contributed by atoms with E-state index in [0.29, 0.717) is 11.6 Å². The topological polar surface area (TPSA) is 45.0 Å². The van der Waals surface area contributed by atoms with Crippen molar-refractivity contribution in [3.05, 3.63) is 35.4 Å². The molecule has 0 aliphatic carbocycles. The zero-order chi connectivity index (χ0) is 12.7. The molecule has 0 saturated heterocycles. The molecule has 1 rings (SSSR count). The number of hydrogen-bond acceptors (Lipinski definition) is 3. The number of nitrogens with one attached hydrogen (secondary N) is 1. The monoisotopic (exact) mass is 232 g/mol. The molecule has 0 saturated carbocycles. The summed E-state index contributed by atoms with van der Waals surface area (Å²) in [5.41, 5.74) is 1.88. The van der Waals surface area contributed by atoms with E-state index in [9.17, 15) is 0 Å². The fourth-order valence-electron chi connectivity index (χ4n) is 1.71. The Morgan fingerprint density at radius 1 is 1.29 bits per heavy atom. The van der Waals surface area contributed by atoms with E-state index in [-0.39, 0.29) is 6.04 Å². The molecule has 0 radical (unpaired) electrons. The van der Waals surface area contributed by atoms with Crippen molar-refractivity contribution in [2.45, 2.75) is 32.9 Å². The molecule has 0 fully saturated rings. The van der Waals surface area contributed by atoms with Gasteiger partial charge in [-0.15, -0.1) is 0 Å². The number of nitrogens with zero attached hydrogens (tertiary/aromatic N) is 1. The van der Waals surface area contributed by atoms with E-state index >= 15 is 0 Å². The lowest BCUT2D eigenvalue weighted by atomic mass is 10.1. The standard InChI is InChI=1S/C14H20N2O/c1-4-17-10-11(2)16-12(3)14-7-5-13(9-15)6-8-14/h5-8,11-12,16H,4,10H2,1-3H3. The van der Waals surface area contributed by atoms with Crippen molar-refractivity contribution in [2.75, 3.05) is 13.2 Å². The zero-order valence-electron chi connectivity index (χ0n) is 10.7. The fraction of sp³-hybridized carbons (Fsp3) is 0.500. The van der Waals surface area contributed by atoms with Gasteiger partial charge in [0.2, 0.25) is 0 Å². The first-order valence-corrected chi connectivity index (χ1v) is 6.01. The van der Waals surface area contributed by atoms with E-state index in [4.69, 9.17) is 10.00 Å². The second-order valence-corrected chi connectivity index (χ2v) is 4.18. The van der Waals surface area contributed by atoms with Crippen LogP contribution in [0.15, 0.2) is 24.3 Å². The van der Waals surface area contributed by atoms with Gasteiger partial charge in [0, 0.05) is 18.7 Å². The van der Waals surface area contributed by atoms with Gasteiger partial charge in [0.1, 0.15) is 0 Å². The SMILES string of the molecule is CCOCC(C)NC(C)c1ccc(C#N)cc1. The molecule has 0 aliphatic rings. The molecular weight excluding hydrogens is 212 g/mol. The van der Waals surface area contributed by atoms with Gasteiger partial charge in [0.05, 0.1) is 18.2 Å². The first-order valence-electron chi connectivity index (χ1n) is 6.01. The van der Waals surface area contributed by atoms with Crippen LogP contribution in [0.4, 0.5) is 0 Å². The molecule has 2 atom stereocenters. The summed E-state index contributed by atoms with van der Waals surface area (Å²) in [6.07, 6.45) is 0. The van der Waals surface area contributed by atoms with Crippen LogP contribution in [0.2, 0.25) is 0 Å². The Morgan fingerprint density at radius 3 is 2.47 bits per heavy atom. The number of rotatable bonds is 6. The van der Waals surface area contributed by atoms with E-state index in [1.165, 1.54) is 5.56 Å². The van der Waals surface area contributed by atoms with Crippen molar-refractivity contribution in [3.8, 4) is 6.07 Å². The van der Waals surface area contributed by atoms with E-state index in [1.54, 1.807) is 0 Å². The molecule has 2 unspecified atom stereocenters. The molecule has 1 N–H and O–H groups in total. The summed E-state index contributed by atoms with van der Waals surface area (Å²) in [7, 11) is 0. The lowest BCUT2D eigenvalue weighted by Crippen LogP contribution is -2.32. The third kappa shape index (κ3) is 4.56. The molecule has 1 aromatic carbocycles. The second kappa shape index (κ2) is 7.05. The van der Waals surface area contributed by atoms with Crippen LogP contribution in [0, 0.1) is 11.3 Å². The van der Waals surface area contributed by atoms with Gasteiger partial charge in [0.25, 0.3) is 0 Å². The zero-order valence-corrected chi connectivity index (χ0v) is 10.7. The lowest BCUT2D eigenvalue weighted by molar-refractivity contribution is 0.124. The Morgan fingerprint density at radius 2 is 1.94 bits per heavy atom. The molecule has 1 aromatic rings. The summed E-state index contributed by atoms with van der Waals surface area (Å²) in [6, 6.07) is 10.4. The minimum Gasteiger partial charge on any atom is -0.380 e. The van der Waals surface area contributed by atoms with Gasteiger partial charge in [-0.2, -0.15) is 5.26 Å². The minimum atomic E-state index is 0.262. The van der Waals surface area contributed by atoms with Crippen LogP contribution in [0.3, 0.4) is 0 Å². The average molecular weight is 232 g/mol. The Labute approximate surface area is 103 Å². The van der Waals surface area contributed by atoms with E-state index in [2.05, 4.69) is 25.2 Å². The average Bonchev–Trinajstić information content (AvgIpc) is 2.36. The fourth-order valence-corrected chi connectivity index (χ4v) is 1.71. The summed E-state index contributed by atoms with van der Waals surface area (Å²) < 4.78 is 5.36. The quantitative estimate of drug-likeness (QED) is 0.820.